The fraction of sp³-hybridized carbons (Fsp3) is 0. The highest BCUT2D eigenvalue weighted by molar-refractivity contribution is 6.12. The molecule has 0 fully saturated rings. The molecule has 0 bridgehead atoms. The fourth-order valence-corrected chi connectivity index (χ4v) is 8.79. The van der Waals surface area contributed by atoms with E-state index in [1.54, 1.807) is 0 Å². The Balaban J connectivity index is 0.977. The maximum absolute atomic E-state index is 2.38. The highest BCUT2D eigenvalue weighted by Crippen LogP contribution is 2.40. The van der Waals surface area contributed by atoms with E-state index in [1.807, 2.05) is 0 Å². The zero-order valence-electron chi connectivity index (χ0n) is 31.3. The second-order valence-corrected chi connectivity index (χ2v) is 14.9. The molecule has 0 aromatic heterocycles. The predicted molar refractivity (Wildman–Crippen MR) is 245 cm³/mol. The summed E-state index contributed by atoms with van der Waals surface area (Å²) in [5.74, 6) is 0. The SMILES string of the molecule is c1ccc2c(-c3ccc(-c4ccc(N(c5ccc(-c6cccc7c6ccc6ccccc67)cc5)c5ccc6c(ccc7ccccc76)c5)cc4)cc3)cccc2c1. The first-order valence-corrected chi connectivity index (χ1v) is 19.7. The zero-order chi connectivity index (χ0) is 37.7. The molecule has 0 atom stereocenters. The Hall–Kier alpha value is -7.48. The minimum atomic E-state index is 1.11. The van der Waals surface area contributed by atoms with Crippen molar-refractivity contribution in [3.8, 4) is 33.4 Å². The van der Waals surface area contributed by atoms with E-state index >= 15 is 0 Å². The van der Waals surface area contributed by atoms with E-state index in [-0.39, 0.29) is 0 Å². The number of nitrogens with zero attached hydrogens (tertiary/aromatic N) is 1. The Labute approximate surface area is 332 Å². The van der Waals surface area contributed by atoms with Crippen LogP contribution in [-0.4, -0.2) is 0 Å². The minimum absolute atomic E-state index is 1.11. The highest BCUT2D eigenvalue weighted by atomic mass is 15.1. The lowest BCUT2D eigenvalue weighted by Gasteiger charge is -2.26. The van der Waals surface area contributed by atoms with Gasteiger partial charge in [-0.2, -0.15) is 0 Å². The Kier molecular flexibility index (Phi) is 7.89. The lowest BCUT2D eigenvalue weighted by molar-refractivity contribution is 1.29. The van der Waals surface area contributed by atoms with Crippen LogP contribution in [0.2, 0.25) is 0 Å². The molecule has 0 saturated carbocycles. The van der Waals surface area contributed by atoms with Gasteiger partial charge in [-0.25, -0.2) is 0 Å². The molecule has 11 rings (SSSR count). The first kappa shape index (κ1) is 32.9. The van der Waals surface area contributed by atoms with Crippen molar-refractivity contribution < 1.29 is 0 Å². The van der Waals surface area contributed by atoms with Crippen molar-refractivity contribution in [2.75, 3.05) is 4.90 Å². The number of hydrogen-bond donors (Lipinski definition) is 0. The number of rotatable bonds is 6. The predicted octanol–water partition coefficient (Wildman–Crippen LogP) is 15.9. The van der Waals surface area contributed by atoms with Gasteiger partial charge in [-0.3, -0.25) is 0 Å². The van der Waals surface area contributed by atoms with Crippen molar-refractivity contribution in [1.82, 2.24) is 0 Å². The Morgan fingerprint density at radius 2 is 0.596 bits per heavy atom. The second-order valence-electron chi connectivity index (χ2n) is 14.9. The molecule has 0 radical (unpaired) electrons. The molecule has 0 amide bonds. The quantitative estimate of drug-likeness (QED) is 0.154. The first-order valence-electron chi connectivity index (χ1n) is 19.7. The molecule has 0 N–H and O–H groups in total. The van der Waals surface area contributed by atoms with Gasteiger partial charge < -0.3 is 4.90 Å². The van der Waals surface area contributed by atoms with Crippen LogP contribution in [0.1, 0.15) is 0 Å². The van der Waals surface area contributed by atoms with Crippen LogP contribution >= 0.6 is 0 Å². The lowest BCUT2D eigenvalue weighted by atomic mass is 9.94. The first-order chi connectivity index (χ1) is 28.2. The number of benzene rings is 11. The number of anilines is 3. The lowest BCUT2D eigenvalue weighted by Crippen LogP contribution is -2.09. The maximum atomic E-state index is 2.38. The third kappa shape index (κ3) is 5.80. The fourth-order valence-electron chi connectivity index (χ4n) is 8.79. The molecule has 266 valence electrons. The summed E-state index contributed by atoms with van der Waals surface area (Å²) in [6.45, 7) is 0. The van der Waals surface area contributed by atoms with Crippen LogP contribution in [0, 0.1) is 0 Å². The van der Waals surface area contributed by atoms with Crippen molar-refractivity contribution in [3.05, 3.63) is 224 Å². The van der Waals surface area contributed by atoms with Gasteiger partial charge in [0.25, 0.3) is 0 Å². The van der Waals surface area contributed by atoms with Gasteiger partial charge in [0.2, 0.25) is 0 Å². The number of hydrogen-bond acceptors (Lipinski definition) is 1. The van der Waals surface area contributed by atoms with E-state index in [4.69, 9.17) is 0 Å². The molecular formula is C56H37N. The Morgan fingerprint density at radius 1 is 0.211 bits per heavy atom. The molecule has 0 aliphatic carbocycles. The summed E-state index contributed by atoms with van der Waals surface area (Å²) in [6, 6.07) is 82.0. The minimum Gasteiger partial charge on any atom is -0.310 e. The summed E-state index contributed by atoms with van der Waals surface area (Å²) in [6.07, 6.45) is 0. The largest absolute Gasteiger partial charge is 0.310 e. The van der Waals surface area contributed by atoms with E-state index in [2.05, 4.69) is 229 Å². The standard InChI is InChI=1S/C56H37N/c1-4-13-49-40(9-1)12-7-16-51(49)43-21-19-38(20-22-43)39-25-30-46(31-26-39)57(48-34-36-54-45(37-48)24-23-41-10-2-5-14-50(41)54)47-32-27-44(28-33-47)53-17-8-18-55-52-15-6-3-11-42(52)29-35-56(53)55/h1-37H. The molecule has 1 nitrogen and oxygen atoms in total. The van der Waals surface area contributed by atoms with Gasteiger partial charge in [-0.15, -0.1) is 0 Å². The maximum Gasteiger partial charge on any atom is 0.0468 e. The van der Waals surface area contributed by atoms with Crippen LogP contribution in [0.5, 0.6) is 0 Å². The van der Waals surface area contributed by atoms with E-state index in [1.165, 1.54) is 87.2 Å². The summed E-state index contributed by atoms with van der Waals surface area (Å²) in [7, 11) is 0. The van der Waals surface area contributed by atoms with Gasteiger partial charge >= 0.3 is 0 Å². The zero-order valence-corrected chi connectivity index (χ0v) is 31.3. The van der Waals surface area contributed by atoms with Crippen LogP contribution in [0.15, 0.2) is 224 Å². The smallest absolute Gasteiger partial charge is 0.0468 e. The summed E-state index contributed by atoms with van der Waals surface area (Å²) < 4.78 is 0. The summed E-state index contributed by atoms with van der Waals surface area (Å²) in [5, 5.41) is 12.6. The van der Waals surface area contributed by atoms with E-state index < -0.39 is 0 Å². The van der Waals surface area contributed by atoms with Crippen LogP contribution < -0.4 is 4.90 Å². The number of fused-ring (bicyclic) bond motifs is 7. The molecule has 0 saturated heterocycles. The molecule has 11 aromatic rings. The van der Waals surface area contributed by atoms with Gasteiger partial charge in [0, 0.05) is 17.1 Å². The van der Waals surface area contributed by atoms with Crippen molar-refractivity contribution in [3.63, 3.8) is 0 Å². The van der Waals surface area contributed by atoms with Gasteiger partial charge in [-0.05, 0) is 124 Å². The molecular weight excluding hydrogens is 687 g/mol. The van der Waals surface area contributed by atoms with Crippen LogP contribution in [0.3, 0.4) is 0 Å². The average Bonchev–Trinajstić information content (AvgIpc) is 3.29. The summed E-state index contributed by atoms with van der Waals surface area (Å²) in [5.41, 5.74) is 10.6. The molecule has 1 heteroatoms. The van der Waals surface area contributed by atoms with Gasteiger partial charge in [0.05, 0.1) is 0 Å². The third-order valence-electron chi connectivity index (χ3n) is 11.7. The molecule has 0 heterocycles. The molecule has 0 spiro atoms. The topological polar surface area (TPSA) is 3.24 Å². The van der Waals surface area contributed by atoms with Crippen LogP contribution in [0.4, 0.5) is 17.1 Å². The van der Waals surface area contributed by atoms with Crippen molar-refractivity contribution in [2.24, 2.45) is 0 Å². The summed E-state index contributed by atoms with van der Waals surface area (Å²) >= 11 is 0. The summed E-state index contributed by atoms with van der Waals surface area (Å²) in [4.78, 5) is 2.38. The monoisotopic (exact) mass is 723 g/mol. The molecule has 0 aliphatic heterocycles. The normalized spacial score (nSPS) is 11.5. The van der Waals surface area contributed by atoms with Crippen LogP contribution in [0.25, 0.3) is 87.2 Å². The Morgan fingerprint density at radius 3 is 1.26 bits per heavy atom. The van der Waals surface area contributed by atoms with E-state index in [0.717, 1.165) is 17.1 Å². The Bertz CT molecular complexity index is 3260. The third-order valence-corrected chi connectivity index (χ3v) is 11.7. The molecule has 0 unspecified atom stereocenters. The molecule has 0 aliphatic rings. The van der Waals surface area contributed by atoms with Crippen molar-refractivity contribution in [1.29, 1.82) is 0 Å². The molecule has 57 heavy (non-hydrogen) atoms. The van der Waals surface area contributed by atoms with Gasteiger partial charge in [0.15, 0.2) is 0 Å². The van der Waals surface area contributed by atoms with Gasteiger partial charge in [-0.1, -0.05) is 188 Å². The molecule has 11 aromatic carbocycles. The van der Waals surface area contributed by atoms with Crippen LogP contribution in [-0.2, 0) is 0 Å². The van der Waals surface area contributed by atoms with E-state index in [9.17, 15) is 0 Å². The second kappa shape index (κ2) is 13.7. The van der Waals surface area contributed by atoms with Crippen molar-refractivity contribution >= 4 is 70.9 Å². The average molecular weight is 724 g/mol. The highest BCUT2D eigenvalue weighted by Gasteiger charge is 2.16. The van der Waals surface area contributed by atoms with Gasteiger partial charge in [0.1, 0.15) is 0 Å². The van der Waals surface area contributed by atoms with E-state index in [0.29, 0.717) is 0 Å². The van der Waals surface area contributed by atoms with Crippen molar-refractivity contribution in [2.45, 2.75) is 0 Å².